The van der Waals surface area contributed by atoms with Crippen molar-refractivity contribution in [2.45, 2.75) is 6.92 Å². The topological polar surface area (TPSA) is 43.4 Å². The highest BCUT2D eigenvalue weighted by Gasteiger charge is 2.09. The van der Waals surface area contributed by atoms with E-state index in [0.717, 1.165) is 0 Å². The maximum absolute atomic E-state index is 10.6. The van der Waals surface area contributed by atoms with Gasteiger partial charge in [-0.25, -0.2) is 0 Å². The minimum Gasteiger partial charge on any atom is -0.427 e. The summed E-state index contributed by atoms with van der Waals surface area (Å²) in [6, 6.07) is 2.72. The Labute approximate surface area is 90.6 Å². The molecule has 1 rings (SSSR count). The molecule has 1 aromatic rings. The van der Waals surface area contributed by atoms with Gasteiger partial charge in [0.25, 0.3) is 0 Å². The van der Waals surface area contributed by atoms with E-state index >= 15 is 0 Å². The fourth-order valence-corrected chi connectivity index (χ4v) is 1.45. The number of esters is 1. The quantitative estimate of drug-likeness (QED) is 0.448. The molecule has 0 amide bonds. The Balaban J connectivity index is 3.13. The van der Waals surface area contributed by atoms with Gasteiger partial charge in [0.05, 0.1) is 15.6 Å². The van der Waals surface area contributed by atoms with Crippen LogP contribution in [-0.2, 0) is 4.79 Å². The van der Waals surface area contributed by atoms with Crippen LogP contribution in [0.3, 0.4) is 0 Å². The summed E-state index contributed by atoms with van der Waals surface area (Å²) in [4.78, 5) is 21.1. The molecule has 0 bridgehead atoms. The number of benzene rings is 1. The molecule has 0 fully saturated rings. The number of rotatable bonds is 2. The Morgan fingerprint density at radius 3 is 2.21 bits per heavy atom. The molecule has 3 nitrogen and oxygen atoms in total. The van der Waals surface area contributed by atoms with Gasteiger partial charge in [0.2, 0.25) is 0 Å². The molecular weight excluding hydrogens is 227 g/mol. The second-order valence-corrected chi connectivity index (χ2v) is 3.33. The van der Waals surface area contributed by atoms with Gasteiger partial charge in [-0.05, 0) is 0 Å². The van der Waals surface area contributed by atoms with E-state index in [2.05, 4.69) is 0 Å². The number of carbonyl (C=O) groups excluding carboxylic acids is 2. The average Bonchev–Trinajstić information content (AvgIpc) is 2.01. The third-order valence-electron chi connectivity index (χ3n) is 1.43. The van der Waals surface area contributed by atoms with Crippen molar-refractivity contribution in [2.75, 3.05) is 0 Å². The van der Waals surface area contributed by atoms with Crippen LogP contribution in [0, 0.1) is 0 Å². The van der Waals surface area contributed by atoms with Crippen molar-refractivity contribution in [3.05, 3.63) is 27.7 Å². The van der Waals surface area contributed by atoms with E-state index in [9.17, 15) is 9.59 Å². The van der Waals surface area contributed by atoms with E-state index in [1.807, 2.05) is 0 Å². The fraction of sp³-hybridized carbons (Fsp3) is 0.111. The smallest absolute Gasteiger partial charge is 0.308 e. The first-order chi connectivity index (χ1) is 6.54. The lowest BCUT2D eigenvalue weighted by Crippen LogP contribution is -2.01. The molecule has 74 valence electrons. The van der Waals surface area contributed by atoms with Crippen LogP contribution in [0.1, 0.15) is 17.3 Å². The van der Waals surface area contributed by atoms with Crippen molar-refractivity contribution in [1.82, 2.24) is 0 Å². The molecule has 0 heterocycles. The monoisotopic (exact) mass is 232 g/mol. The Morgan fingerprint density at radius 2 is 1.86 bits per heavy atom. The van der Waals surface area contributed by atoms with Crippen molar-refractivity contribution >= 4 is 35.5 Å². The first kappa shape index (κ1) is 11.0. The Bertz CT molecular complexity index is 365. The largest absolute Gasteiger partial charge is 0.427 e. The first-order valence-electron chi connectivity index (χ1n) is 3.67. The Morgan fingerprint density at radius 1 is 1.36 bits per heavy atom. The number of aldehydes is 1. The second-order valence-electron chi connectivity index (χ2n) is 2.51. The van der Waals surface area contributed by atoms with Gasteiger partial charge in [-0.1, -0.05) is 23.2 Å². The fourth-order valence-electron chi connectivity index (χ4n) is 0.899. The minimum absolute atomic E-state index is 0.156. The summed E-state index contributed by atoms with van der Waals surface area (Å²) < 4.78 is 4.75. The zero-order chi connectivity index (χ0) is 10.7. The van der Waals surface area contributed by atoms with Crippen molar-refractivity contribution < 1.29 is 14.3 Å². The number of ether oxygens (including phenoxy) is 1. The summed E-state index contributed by atoms with van der Waals surface area (Å²) in [6.07, 6.45) is 0.544. The molecule has 14 heavy (non-hydrogen) atoms. The minimum atomic E-state index is -0.476. The lowest BCUT2D eigenvalue weighted by Gasteiger charge is -2.04. The van der Waals surface area contributed by atoms with Crippen LogP contribution in [0.25, 0.3) is 0 Å². The predicted molar refractivity (Wildman–Crippen MR) is 53.2 cm³/mol. The molecule has 1 aromatic carbocycles. The van der Waals surface area contributed by atoms with Gasteiger partial charge >= 0.3 is 5.97 Å². The number of hydrogen-bond acceptors (Lipinski definition) is 3. The summed E-state index contributed by atoms with van der Waals surface area (Å²) in [5, 5.41) is 0.313. The molecule has 0 aliphatic rings. The van der Waals surface area contributed by atoms with E-state index in [4.69, 9.17) is 27.9 Å². The summed E-state index contributed by atoms with van der Waals surface area (Å²) in [6.45, 7) is 1.26. The van der Waals surface area contributed by atoms with Gasteiger partial charge in [-0.15, -0.1) is 0 Å². The van der Waals surface area contributed by atoms with Crippen LogP contribution in [0.2, 0.25) is 10.0 Å². The zero-order valence-corrected chi connectivity index (χ0v) is 8.72. The molecule has 0 saturated carbocycles. The van der Waals surface area contributed by atoms with Crippen LogP contribution in [0.5, 0.6) is 5.75 Å². The molecule has 0 aliphatic carbocycles. The standard InChI is InChI=1S/C9H6Cl2O3/c1-5(13)14-6-2-8(10)7(4-12)9(11)3-6/h2-4H,1H3. The molecule has 0 N–H and O–H groups in total. The Kier molecular flexibility index (Phi) is 3.49. The van der Waals surface area contributed by atoms with E-state index in [0.29, 0.717) is 6.29 Å². The summed E-state index contributed by atoms with van der Waals surface area (Å²) in [7, 11) is 0. The van der Waals surface area contributed by atoms with Gasteiger partial charge in [0.1, 0.15) is 5.75 Å². The molecule has 0 unspecified atom stereocenters. The molecular formula is C9H6Cl2O3. The van der Waals surface area contributed by atoms with Crippen molar-refractivity contribution in [1.29, 1.82) is 0 Å². The first-order valence-corrected chi connectivity index (χ1v) is 4.43. The molecule has 0 aliphatic heterocycles. The molecule has 0 radical (unpaired) electrons. The summed E-state index contributed by atoms with van der Waals surface area (Å²) in [5.41, 5.74) is 0.184. The number of carbonyl (C=O) groups is 2. The second kappa shape index (κ2) is 4.44. The van der Waals surface area contributed by atoms with Crippen molar-refractivity contribution in [2.24, 2.45) is 0 Å². The number of halogens is 2. The van der Waals surface area contributed by atoms with Gasteiger partial charge in [-0.2, -0.15) is 0 Å². The SMILES string of the molecule is CC(=O)Oc1cc(Cl)c(C=O)c(Cl)c1. The van der Waals surface area contributed by atoms with Gasteiger partial charge < -0.3 is 4.74 Å². The van der Waals surface area contributed by atoms with Crippen LogP contribution in [-0.4, -0.2) is 12.3 Å². The average molecular weight is 233 g/mol. The summed E-state index contributed by atoms with van der Waals surface area (Å²) >= 11 is 11.4. The number of hydrogen-bond donors (Lipinski definition) is 0. The Hall–Kier alpha value is -1.06. The predicted octanol–water partition coefficient (Wildman–Crippen LogP) is 2.73. The lowest BCUT2D eigenvalue weighted by atomic mass is 10.2. The highest BCUT2D eigenvalue weighted by atomic mass is 35.5. The molecule has 0 saturated heterocycles. The zero-order valence-electron chi connectivity index (χ0n) is 7.21. The summed E-state index contributed by atoms with van der Waals surface area (Å²) in [5.74, 6) is -0.255. The normalized spacial score (nSPS) is 9.64. The molecule has 5 heteroatoms. The van der Waals surface area contributed by atoms with E-state index in [-0.39, 0.29) is 21.4 Å². The van der Waals surface area contributed by atoms with E-state index in [1.165, 1.54) is 19.1 Å². The van der Waals surface area contributed by atoms with Crippen molar-refractivity contribution in [3.63, 3.8) is 0 Å². The molecule has 0 aromatic heterocycles. The van der Waals surface area contributed by atoms with Gasteiger partial charge in [0.15, 0.2) is 6.29 Å². The van der Waals surface area contributed by atoms with Crippen LogP contribution >= 0.6 is 23.2 Å². The maximum Gasteiger partial charge on any atom is 0.308 e. The highest BCUT2D eigenvalue weighted by Crippen LogP contribution is 2.28. The van der Waals surface area contributed by atoms with Gasteiger partial charge in [-0.3, -0.25) is 9.59 Å². The maximum atomic E-state index is 10.6. The van der Waals surface area contributed by atoms with Crippen LogP contribution in [0.15, 0.2) is 12.1 Å². The lowest BCUT2D eigenvalue weighted by molar-refractivity contribution is -0.131. The third-order valence-corrected chi connectivity index (χ3v) is 2.06. The third kappa shape index (κ3) is 2.47. The van der Waals surface area contributed by atoms with Crippen LogP contribution in [0.4, 0.5) is 0 Å². The molecule has 0 spiro atoms. The van der Waals surface area contributed by atoms with Gasteiger partial charge in [0, 0.05) is 19.1 Å². The van der Waals surface area contributed by atoms with E-state index < -0.39 is 5.97 Å². The van der Waals surface area contributed by atoms with E-state index in [1.54, 1.807) is 0 Å². The highest BCUT2D eigenvalue weighted by molar-refractivity contribution is 6.38. The molecule has 0 atom stereocenters. The van der Waals surface area contributed by atoms with Crippen molar-refractivity contribution in [3.8, 4) is 5.75 Å². The van der Waals surface area contributed by atoms with Crippen LogP contribution < -0.4 is 4.74 Å².